The number of hydrogen-bond donors (Lipinski definition) is 0. The number of rotatable bonds is 8. The zero-order chi connectivity index (χ0) is 39.9. The summed E-state index contributed by atoms with van der Waals surface area (Å²) in [4.78, 5) is 4.76. The van der Waals surface area contributed by atoms with E-state index in [9.17, 15) is 0 Å². The fraction of sp³-hybridized carbons (Fsp3) is 0.0714. The van der Waals surface area contributed by atoms with E-state index >= 15 is 0 Å². The van der Waals surface area contributed by atoms with E-state index in [0.717, 1.165) is 90.8 Å². The van der Waals surface area contributed by atoms with E-state index in [1.54, 1.807) is 0 Å². The molecule has 286 valence electrons. The molecule has 0 N–H and O–H groups in total. The lowest BCUT2D eigenvalue weighted by Gasteiger charge is -2.29. The Bertz CT molecular complexity index is 3340. The third-order valence-electron chi connectivity index (χ3n) is 12.5. The van der Waals surface area contributed by atoms with Crippen LogP contribution in [0.5, 0.6) is 0 Å². The van der Waals surface area contributed by atoms with Gasteiger partial charge < -0.3 is 18.6 Å². The van der Waals surface area contributed by atoms with Crippen molar-refractivity contribution in [3.05, 3.63) is 193 Å². The van der Waals surface area contributed by atoms with Crippen LogP contribution >= 0.6 is 0 Å². The molecule has 12 aromatic rings. The second kappa shape index (κ2) is 13.5. The van der Waals surface area contributed by atoms with Gasteiger partial charge in [0.2, 0.25) is 0 Å². The lowest BCUT2D eigenvalue weighted by Crippen LogP contribution is -2.11. The van der Waals surface area contributed by atoms with Crippen molar-refractivity contribution in [1.29, 1.82) is 0 Å². The van der Waals surface area contributed by atoms with Crippen LogP contribution in [-0.2, 0) is 12.8 Å². The molecule has 4 nitrogen and oxygen atoms in total. The SMILES string of the molecule is CCc1cccc2c1oc1c(N(c3ccccc3)c3ccc4ccc5c(N(c6ccccc6)c6cccc7c6oc6c(CC)cccc67)ccc6ccc3c4c65)cccc12. The standard InChI is InChI=1S/C56H40N2O2/c1-3-35-15-11-21-41-43-23-13-25-49(55(43)59-53(35)41)57(39-17-7-5-8-18-39)47-33-29-37-28-32-46-48(34-30-38-27-31-45(47)51(37)52(38)46)58(40-19-9-6-10-20-40)50-26-14-24-44-42-22-12-16-36(4-2)54(42)60-56(44)50/h5-34H,3-4H2,1-2H3. The maximum Gasteiger partial charge on any atom is 0.159 e. The molecule has 4 heteroatoms. The first kappa shape index (κ1) is 34.5. The minimum absolute atomic E-state index is 0.884. The Labute approximate surface area is 347 Å². The molecule has 60 heavy (non-hydrogen) atoms. The third kappa shape index (κ3) is 5.04. The molecule has 0 atom stereocenters. The smallest absolute Gasteiger partial charge is 0.159 e. The van der Waals surface area contributed by atoms with Gasteiger partial charge in [0.05, 0.1) is 22.7 Å². The van der Waals surface area contributed by atoms with Crippen molar-refractivity contribution in [2.24, 2.45) is 0 Å². The lowest BCUT2D eigenvalue weighted by atomic mass is 9.91. The molecule has 0 spiro atoms. The van der Waals surface area contributed by atoms with E-state index in [1.165, 1.54) is 43.4 Å². The Morgan fingerprint density at radius 1 is 0.317 bits per heavy atom. The summed E-state index contributed by atoms with van der Waals surface area (Å²) in [6.45, 7) is 4.38. The number of aryl methyl sites for hydroxylation is 2. The second-order valence-corrected chi connectivity index (χ2v) is 15.7. The van der Waals surface area contributed by atoms with Gasteiger partial charge >= 0.3 is 0 Å². The molecule has 0 saturated carbocycles. The fourth-order valence-electron chi connectivity index (χ4n) is 9.77. The summed E-state index contributed by atoms with van der Waals surface area (Å²) < 4.78 is 13.8. The summed E-state index contributed by atoms with van der Waals surface area (Å²) in [7, 11) is 0. The second-order valence-electron chi connectivity index (χ2n) is 15.7. The maximum atomic E-state index is 6.89. The molecular formula is C56H40N2O2. The predicted octanol–water partition coefficient (Wildman–Crippen LogP) is 16.4. The first-order valence-corrected chi connectivity index (χ1v) is 21.0. The molecule has 0 aliphatic carbocycles. The molecule has 0 aliphatic heterocycles. The van der Waals surface area contributed by atoms with Crippen molar-refractivity contribution in [3.8, 4) is 0 Å². The Morgan fingerprint density at radius 3 is 1.12 bits per heavy atom. The van der Waals surface area contributed by atoms with Crippen LogP contribution in [-0.4, -0.2) is 0 Å². The van der Waals surface area contributed by atoms with E-state index in [-0.39, 0.29) is 0 Å². The number of furan rings is 2. The normalized spacial score (nSPS) is 12.0. The summed E-state index contributed by atoms with van der Waals surface area (Å²) in [5.41, 5.74) is 12.5. The number of para-hydroxylation sites is 6. The van der Waals surface area contributed by atoms with Crippen molar-refractivity contribution >= 4 is 110 Å². The van der Waals surface area contributed by atoms with Gasteiger partial charge in [0.1, 0.15) is 11.2 Å². The van der Waals surface area contributed by atoms with Crippen LogP contribution in [0.2, 0.25) is 0 Å². The Morgan fingerprint density at radius 2 is 0.700 bits per heavy atom. The van der Waals surface area contributed by atoms with Gasteiger partial charge in [-0.3, -0.25) is 0 Å². The summed E-state index contributed by atoms with van der Waals surface area (Å²) in [5, 5.41) is 11.7. The first-order chi connectivity index (χ1) is 29.7. The van der Waals surface area contributed by atoms with Gasteiger partial charge in [-0.2, -0.15) is 0 Å². The minimum atomic E-state index is 0.884. The number of nitrogens with zero attached hydrogens (tertiary/aromatic N) is 2. The molecule has 10 aromatic carbocycles. The lowest BCUT2D eigenvalue weighted by molar-refractivity contribution is 0.663. The van der Waals surface area contributed by atoms with Crippen LogP contribution < -0.4 is 9.80 Å². The van der Waals surface area contributed by atoms with Gasteiger partial charge in [-0.25, -0.2) is 0 Å². The highest BCUT2D eigenvalue weighted by Crippen LogP contribution is 2.50. The molecule has 0 unspecified atom stereocenters. The van der Waals surface area contributed by atoms with Crippen LogP contribution in [0.25, 0.3) is 76.2 Å². The topological polar surface area (TPSA) is 32.8 Å². The molecule has 0 aliphatic rings. The van der Waals surface area contributed by atoms with Crippen LogP contribution in [0.3, 0.4) is 0 Å². The number of anilines is 6. The average Bonchev–Trinajstić information content (AvgIpc) is 3.90. The maximum absolute atomic E-state index is 6.89. The summed E-state index contributed by atoms with van der Waals surface area (Å²) in [6.07, 6.45) is 1.81. The molecule has 0 saturated heterocycles. The number of hydrogen-bond acceptors (Lipinski definition) is 4. The molecule has 0 fully saturated rings. The minimum Gasteiger partial charge on any atom is -0.454 e. The quantitative estimate of drug-likeness (QED) is 0.144. The van der Waals surface area contributed by atoms with Gasteiger partial charge in [0.15, 0.2) is 11.2 Å². The van der Waals surface area contributed by atoms with Gasteiger partial charge in [-0.15, -0.1) is 0 Å². The van der Waals surface area contributed by atoms with Crippen molar-refractivity contribution < 1.29 is 8.83 Å². The summed E-state index contributed by atoms with van der Waals surface area (Å²) >= 11 is 0. The van der Waals surface area contributed by atoms with E-state index in [4.69, 9.17) is 8.83 Å². The van der Waals surface area contributed by atoms with Crippen LogP contribution in [0.15, 0.2) is 191 Å². The van der Waals surface area contributed by atoms with Gasteiger partial charge in [0, 0.05) is 43.7 Å². The van der Waals surface area contributed by atoms with Crippen molar-refractivity contribution in [2.75, 3.05) is 9.80 Å². The molecule has 2 aromatic heterocycles. The Kier molecular flexibility index (Phi) is 7.76. The summed E-state index contributed by atoms with van der Waals surface area (Å²) in [5.74, 6) is 0. The largest absolute Gasteiger partial charge is 0.454 e. The predicted molar refractivity (Wildman–Crippen MR) is 253 cm³/mol. The first-order valence-electron chi connectivity index (χ1n) is 21.0. The number of fused-ring (bicyclic) bond motifs is 6. The average molecular weight is 773 g/mol. The molecule has 0 radical (unpaired) electrons. The van der Waals surface area contributed by atoms with Crippen molar-refractivity contribution in [2.45, 2.75) is 26.7 Å². The third-order valence-corrected chi connectivity index (χ3v) is 12.5. The molecule has 2 heterocycles. The van der Waals surface area contributed by atoms with Gasteiger partial charge in [-0.1, -0.05) is 147 Å². The molecular weight excluding hydrogens is 733 g/mol. The van der Waals surface area contributed by atoms with Gasteiger partial charge in [-0.05, 0) is 94.0 Å². The van der Waals surface area contributed by atoms with Gasteiger partial charge in [0.25, 0.3) is 0 Å². The highest BCUT2D eigenvalue weighted by molar-refractivity contribution is 6.28. The van der Waals surface area contributed by atoms with E-state index in [1.807, 2.05) is 0 Å². The molecule has 12 rings (SSSR count). The Hall–Kier alpha value is -7.56. The molecule has 0 amide bonds. The van der Waals surface area contributed by atoms with Crippen molar-refractivity contribution in [1.82, 2.24) is 0 Å². The Balaban J connectivity index is 1.12. The zero-order valence-corrected chi connectivity index (χ0v) is 33.4. The van der Waals surface area contributed by atoms with Crippen LogP contribution in [0.1, 0.15) is 25.0 Å². The zero-order valence-electron chi connectivity index (χ0n) is 33.4. The van der Waals surface area contributed by atoms with Crippen LogP contribution in [0.4, 0.5) is 34.1 Å². The monoisotopic (exact) mass is 772 g/mol. The summed E-state index contributed by atoms with van der Waals surface area (Å²) in [6, 6.07) is 65.7. The van der Waals surface area contributed by atoms with E-state index < -0.39 is 0 Å². The number of benzene rings is 10. The fourth-order valence-corrected chi connectivity index (χ4v) is 9.77. The molecule has 0 bridgehead atoms. The highest BCUT2D eigenvalue weighted by atomic mass is 16.3. The van der Waals surface area contributed by atoms with E-state index in [2.05, 4.69) is 206 Å². The van der Waals surface area contributed by atoms with Crippen molar-refractivity contribution in [3.63, 3.8) is 0 Å². The van der Waals surface area contributed by atoms with E-state index in [0.29, 0.717) is 0 Å². The van der Waals surface area contributed by atoms with Crippen LogP contribution in [0, 0.1) is 0 Å². The highest BCUT2D eigenvalue weighted by Gasteiger charge is 2.26.